The lowest BCUT2D eigenvalue weighted by Crippen LogP contribution is -2.12. The van der Waals surface area contributed by atoms with E-state index < -0.39 is 0 Å². The van der Waals surface area contributed by atoms with E-state index in [-0.39, 0.29) is 17.1 Å². The van der Waals surface area contributed by atoms with Crippen LogP contribution in [0.3, 0.4) is 0 Å². The zero-order valence-corrected chi connectivity index (χ0v) is 11.6. The molecule has 6 heteroatoms. The number of rotatable bonds is 2. The number of aromatic nitrogens is 2. The van der Waals surface area contributed by atoms with E-state index in [9.17, 15) is 9.90 Å². The van der Waals surface area contributed by atoms with E-state index in [0.29, 0.717) is 17.3 Å². The van der Waals surface area contributed by atoms with Gasteiger partial charge in [-0.2, -0.15) is 0 Å². The van der Waals surface area contributed by atoms with Crippen molar-refractivity contribution in [3.63, 3.8) is 0 Å². The Hall–Kier alpha value is -2.89. The summed E-state index contributed by atoms with van der Waals surface area (Å²) in [6.45, 7) is 1.56. The number of aliphatic hydroxyl groups excluding tert-OH is 1. The lowest BCUT2D eigenvalue weighted by Gasteiger charge is -2.08. The fraction of sp³-hybridized carbons (Fsp3) is 0.133. The molecular formula is C15H13N3O3. The molecule has 0 bridgehead atoms. The second kappa shape index (κ2) is 4.90. The number of ether oxygens (including phenoxy) is 1. The first kappa shape index (κ1) is 13.1. The number of aliphatic hydroxyl groups is 1. The van der Waals surface area contributed by atoms with Crippen molar-refractivity contribution in [1.82, 2.24) is 9.61 Å². The molecule has 21 heavy (non-hydrogen) atoms. The van der Waals surface area contributed by atoms with Crippen LogP contribution in [0.4, 0.5) is 5.69 Å². The first-order valence-corrected chi connectivity index (χ1v) is 6.34. The molecule has 106 valence electrons. The summed E-state index contributed by atoms with van der Waals surface area (Å²) in [6, 6.07) is 5.55. The van der Waals surface area contributed by atoms with Crippen LogP contribution in [0.25, 0.3) is 5.52 Å². The van der Waals surface area contributed by atoms with Crippen LogP contribution >= 0.6 is 0 Å². The number of hydrogen-bond acceptors (Lipinski definition) is 5. The molecule has 1 aliphatic carbocycles. The molecule has 0 spiro atoms. The van der Waals surface area contributed by atoms with Crippen LogP contribution in [0.15, 0.2) is 52.9 Å². The van der Waals surface area contributed by atoms with Crippen LogP contribution < -0.4 is 4.74 Å². The summed E-state index contributed by atoms with van der Waals surface area (Å²) in [4.78, 5) is 15.9. The van der Waals surface area contributed by atoms with Crippen molar-refractivity contribution < 1.29 is 14.6 Å². The number of fused-ring (bicyclic) bond motifs is 1. The highest BCUT2D eigenvalue weighted by Crippen LogP contribution is 2.32. The lowest BCUT2D eigenvalue weighted by atomic mass is 10.0. The maximum Gasteiger partial charge on any atom is 0.259 e. The van der Waals surface area contributed by atoms with Gasteiger partial charge in [-0.1, -0.05) is 6.07 Å². The average Bonchev–Trinajstić information content (AvgIpc) is 2.86. The van der Waals surface area contributed by atoms with Crippen LogP contribution in [0.1, 0.15) is 6.92 Å². The average molecular weight is 283 g/mol. The predicted octanol–water partition coefficient (Wildman–Crippen LogP) is 2.39. The Balaban J connectivity index is 2.20. The molecule has 0 fully saturated rings. The molecule has 0 amide bonds. The van der Waals surface area contributed by atoms with Crippen LogP contribution in [0.2, 0.25) is 0 Å². The molecule has 2 heterocycles. The molecule has 2 aromatic heterocycles. The number of methoxy groups -OCH3 is 1. The number of nitrogens with zero attached hydrogens (tertiary/aromatic N) is 3. The van der Waals surface area contributed by atoms with Gasteiger partial charge in [0.2, 0.25) is 0 Å². The molecule has 0 atom stereocenters. The normalized spacial score (nSPS) is 17.0. The molecule has 0 radical (unpaired) electrons. The van der Waals surface area contributed by atoms with Gasteiger partial charge in [-0.3, -0.25) is 4.79 Å². The number of aliphatic imine (C=N–C) groups is 1. The maximum absolute atomic E-state index is 11.5. The molecule has 6 nitrogen and oxygen atoms in total. The Bertz CT molecular complexity index is 828. The number of hydrogen-bond donors (Lipinski definition) is 1. The topological polar surface area (TPSA) is 76.2 Å². The van der Waals surface area contributed by atoms with Gasteiger partial charge in [-0.15, -0.1) is 5.10 Å². The predicted molar refractivity (Wildman–Crippen MR) is 78.3 cm³/mol. The Morgan fingerprint density at radius 3 is 2.90 bits per heavy atom. The molecule has 0 aliphatic heterocycles. The van der Waals surface area contributed by atoms with Crippen LogP contribution in [0.5, 0.6) is 5.88 Å². The third-order valence-corrected chi connectivity index (χ3v) is 3.27. The van der Waals surface area contributed by atoms with Crippen LogP contribution in [0, 0.1) is 0 Å². The summed E-state index contributed by atoms with van der Waals surface area (Å²) in [6.07, 6.45) is 4.64. The lowest BCUT2D eigenvalue weighted by molar-refractivity contribution is -0.111. The fourth-order valence-corrected chi connectivity index (χ4v) is 2.08. The zero-order valence-electron chi connectivity index (χ0n) is 11.6. The highest BCUT2D eigenvalue weighted by Gasteiger charge is 2.19. The van der Waals surface area contributed by atoms with Crippen molar-refractivity contribution in [2.45, 2.75) is 6.92 Å². The van der Waals surface area contributed by atoms with Gasteiger partial charge >= 0.3 is 0 Å². The molecular weight excluding hydrogens is 270 g/mol. The number of carbonyl (C=O) groups is 1. The molecule has 0 unspecified atom stereocenters. The SMILES string of the molecule is COc1nn2ccccc2c1/N=C1\C=CC(=O)C(C)=C1O. The summed E-state index contributed by atoms with van der Waals surface area (Å²) >= 11 is 0. The van der Waals surface area contributed by atoms with Crippen LogP contribution in [-0.2, 0) is 4.79 Å². The number of pyridine rings is 1. The molecule has 0 saturated carbocycles. The molecule has 2 aromatic rings. The first-order valence-electron chi connectivity index (χ1n) is 6.34. The van der Waals surface area contributed by atoms with Crippen molar-refractivity contribution in [2.75, 3.05) is 7.11 Å². The van der Waals surface area contributed by atoms with Crippen molar-refractivity contribution in [2.24, 2.45) is 4.99 Å². The molecule has 0 aromatic carbocycles. The summed E-state index contributed by atoms with van der Waals surface area (Å²) < 4.78 is 6.87. The van der Waals surface area contributed by atoms with Gasteiger partial charge < -0.3 is 9.84 Å². The Morgan fingerprint density at radius 2 is 2.14 bits per heavy atom. The van der Waals surface area contributed by atoms with E-state index in [1.54, 1.807) is 17.6 Å². The Morgan fingerprint density at radius 1 is 1.33 bits per heavy atom. The van der Waals surface area contributed by atoms with E-state index in [4.69, 9.17) is 4.74 Å². The number of ketones is 1. The molecule has 1 N–H and O–H groups in total. The minimum Gasteiger partial charge on any atom is -0.505 e. The zero-order chi connectivity index (χ0) is 15.0. The smallest absolute Gasteiger partial charge is 0.259 e. The second-order valence-electron chi connectivity index (χ2n) is 4.56. The summed E-state index contributed by atoms with van der Waals surface area (Å²) in [5.41, 5.74) is 1.83. The maximum atomic E-state index is 11.5. The van der Waals surface area contributed by atoms with Crippen molar-refractivity contribution >= 4 is 22.7 Å². The monoisotopic (exact) mass is 283 g/mol. The van der Waals surface area contributed by atoms with Crippen molar-refractivity contribution in [1.29, 1.82) is 0 Å². The van der Waals surface area contributed by atoms with Gasteiger partial charge in [-0.05, 0) is 31.2 Å². The van der Waals surface area contributed by atoms with Crippen LogP contribution in [-0.4, -0.2) is 33.3 Å². The van der Waals surface area contributed by atoms with E-state index in [0.717, 1.165) is 5.52 Å². The fourth-order valence-electron chi connectivity index (χ4n) is 2.08. The minimum absolute atomic E-state index is 0.125. The Labute approximate surface area is 120 Å². The van der Waals surface area contributed by atoms with E-state index >= 15 is 0 Å². The van der Waals surface area contributed by atoms with Gasteiger partial charge in [0.15, 0.2) is 11.5 Å². The highest BCUT2D eigenvalue weighted by atomic mass is 16.5. The third kappa shape index (κ3) is 2.10. The highest BCUT2D eigenvalue weighted by molar-refractivity contribution is 6.21. The first-order chi connectivity index (χ1) is 10.1. The van der Waals surface area contributed by atoms with E-state index in [1.165, 1.54) is 19.3 Å². The largest absolute Gasteiger partial charge is 0.505 e. The van der Waals surface area contributed by atoms with E-state index in [2.05, 4.69) is 10.1 Å². The van der Waals surface area contributed by atoms with Gasteiger partial charge in [0.25, 0.3) is 5.88 Å². The van der Waals surface area contributed by atoms with Gasteiger partial charge in [0, 0.05) is 11.8 Å². The number of carbonyl (C=O) groups excluding carboxylic acids is 1. The second-order valence-corrected chi connectivity index (χ2v) is 4.56. The minimum atomic E-state index is -0.224. The summed E-state index contributed by atoms with van der Waals surface area (Å²) in [5, 5.41) is 14.3. The van der Waals surface area contributed by atoms with Gasteiger partial charge in [-0.25, -0.2) is 9.51 Å². The Kier molecular flexibility index (Phi) is 3.06. The van der Waals surface area contributed by atoms with Crippen molar-refractivity contribution in [3.05, 3.63) is 47.9 Å². The molecule has 3 rings (SSSR count). The van der Waals surface area contributed by atoms with E-state index in [1.807, 2.05) is 18.2 Å². The van der Waals surface area contributed by atoms with Crippen molar-refractivity contribution in [3.8, 4) is 5.88 Å². The summed E-state index contributed by atoms with van der Waals surface area (Å²) in [7, 11) is 1.51. The molecule has 0 saturated heterocycles. The quantitative estimate of drug-likeness (QED) is 0.858. The third-order valence-electron chi connectivity index (χ3n) is 3.27. The standard InChI is InChI=1S/C15H13N3O3/c1-9-12(19)7-6-10(14(9)20)16-13-11-5-3-4-8-18(11)17-15(13)21-2/h3-8,20H,1-2H3/b16-10+. The van der Waals surface area contributed by atoms with Gasteiger partial charge in [0.05, 0.1) is 12.6 Å². The van der Waals surface area contributed by atoms with Gasteiger partial charge in [0.1, 0.15) is 11.5 Å². The number of allylic oxidation sites excluding steroid dienone is 3. The molecule has 1 aliphatic rings. The summed E-state index contributed by atoms with van der Waals surface area (Å²) in [5.74, 6) is 0.00238.